The SMILES string of the molecule is Cc1ccc(=O)n(Cc2ccc(C#N)cc2)c1. The van der Waals surface area contributed by atoms with E-state index in [9.17, 15) is 4.79 Å². The van der Waals surface area contributed by atoms with Crippen LogP contribution in [0.2, 0.25) is 0 Å². The molecule has 0 aliphatic carbocycles. The van der Waals surface area contributed by atoms with E-state index in [-0.39, 0.29) is 5.56 Å². The zero-order chi connectivity index (χ0) is 12.3. The van der Waals surface area contributed by atoms with E-state index in [2.05, 4.69) is 6.07 Å². The van der Waals surface area contributed by atoms with Gasteiger partial charge in [-0.3, -0.25) is 4.79 Å². The van der Waals surface area contributed by atoms with Crippen molar-refractivity contribution < 1.29 is 0 Å². The molecule has 0 unspecified atom stereocenters. The number of hydrogen-bond donors (Lipinski definition) is 0. The summed E-state index contributed by atoms with van der Waals surface area (Å²) in [6, 6.07) is 12.7. The maximum absolute atomic E-state index is 11.6. The second-order valence-corrected chi connectivity index (χ2v) is 3.98. The molecule has 0 aliphatic heterocycles. The number of aryl methyl sites for hydroxylation is 1. The number of rotatable bonds is 2. The van der Waals surface area contributed by atoms with Crippen molar-refractivity contribution in [3.63, 3.8) is 0 Å². The first-order valence-corrected chi connectivity index (χ1v) is 5.35. The molecule has 1 aromatic carbocycles. The number of nitrogens with zero attached hydrogens (tertiary/aromatic N) is 2. The number of hydrogen-bond acceptors (Lipinski definition) is 2. The van der Waals surface area contributed by atoms with Crippen LogP contribution in [0.4, 0.5) is 0 Å². The number of pyridine rings is 1. The molecule has 0 radical (unpaired) electrons. The highest BCUT2D eigenvalue weighted by atomic mass is 16.1. The van der Waals surface area contributed by atoms with E-state index in [1.165, 1.54) is 0 Å². The van der Waals surface area contributed by atoms with E-state index in [1.54, 1.807) is 28.8 Å². The van der Waals surface area contributed by atoms with Crippen LogP contribution in [0.25, 0.3) is 0 Å². The van der Waals surface area contributed by atoms with Crippen molar-refractivity contribution in [2.75, 3.05) is 0 Å². The normalized spacial score (nSPS) is 9.88. The van der Waals surface area contributed by atoms with Crippen LogP contribution in [0.15, 0.2) is 47.4 Å². The van der Waals surface area contributed by atoms with Crippen LogP contribution >= 0.6 is 0 Å². The number of nitriles is 1. The van der Waals surface area contributed by atoms with Crippen molar-refractivity contribution in [2.24, 2.45) is 0 Å². The third-order valence-corrected chi connectivity index (χ3v) is 2.57. The van der Waals surface area contributed by atoms with Crippen LogP contribution < -0.4 is 5.56 Å². The van der Waals surface area contributed by atoms with Gasteiger partial charge < -0.3 is 4.57 Å². The van der Waals surface area contributed by atoms with Gasteiger partial charge in [-0.1, -0.05) is 18.2 Å². The summed E-state index contributed by atoms with van der Waals surface area (Å²) in [5, 5.41) is 8.69. The maximum Gasteiger partial charge on any atom is 0.250 e. The monoisotopic (exact) mass is 224 g/mol. The summed E-state index contributed by atoms with van der Waals surface area (Å²) in [5.41, 5.74) is 2.68. The minimum atomic E-state index is -0.0139. The summed E-state index contributed by atoms with van der Waals surface area (Å²) in [5.74, 6) is 0. The molecular weight excluding hydrogens is 212 g/mol. The molecular formula is C14H12N2O. The molecule has 0 saturated carbocycles. The molecule has 0 atom stereocenters. The van der Waals surface area contributed by atoms with E-state index in [0.717, 1.165) is 11.1 Å². The molecule has 17 heavy (non-hydrogen) atoms. The fourth-order valence-corrected chi connectivity index (χ4v) is 1.66. The molecule has 0 bridgehead atoms. The Morgan fingerprint density at radius 3 is 2.53 bits per heavy atom. The van der Waals surface area contributed by atoms with Crippen LogP contribution in [0, 0.1) is 18.3 Å². The van der Waals surface area contributed by atoms with Gasteiger partial charge in [-0.15, -0.1) is 0 Å². The summed E-state index contributed by atoms with van der Waals surface area (Å²) < 4.78 is 1.66. The summed E-state index contributed by atoms with van der Waals surface area (Å²) in [6.07, 6.45) is 1.83. The second kappa shape index (κ2) is 4.67. The van der Waals surface area contributed by atoms with Crippen molar-refractivity contribution in [1.82, 2.24) is 4.57 Å². The van der Waals surface area contributed by atoms with Gasteiger partial charge in [0.05, 0.1) is 18.2 Å². The van der Waals surface area contributed by atoms with Crippen LogP contribution in [-0.4, -0.2) is 4.57 Å². The molecule has 3 nitrogen and oxygen atoms in total. The topological polar surface area (TPSA) is 45.8 Å². The van der Waals surface area contributed by atoms with Gasteiger partial charge in [0, 0.05) is 12.3 Å². The Morgan fingerprint density at radius 2 is 1.88 bits per heavy atom. The molecule has 0 saturated heterocycles. The van der Waals surface area contributed by atoms with E-state index in [1.807, 2.05) is 25.3 Å². The largest absolute Gasteiger partial charge is 0.311 e. The lowest BCUT2D eigenvalue weighted by Gasteiger charge is -2.06. The fourth-order valence-electron chi connectivity index (χ4n) is 1.66. The van der Waals surface area contributed by atoms with Gasteiger partial charge in [-0.2, -0.15) is 5.26 Å². The summed E-state index contributed by atoms with van der Waals surface area (Å²) in [4.78, 5) is 11.6. The first-order chi connectivity index (χ1) is 8.19. The average Bonchev–Trinajstić information content (AvgIpc) is 2.35. The molecule has 0 N–H and O–H groups in total. The lowest BCUT2D eigenvalue weighted by molar-refractivity contribution is 0.754. The van der Waals surface area contributed by atoms with E-state index < -0.39 is 0 Å². The highest BCUT2D eigenvalue weighted by molar-refractivity contribution is 5.31. The van der Waals surface area contributed by atoms with Crippen LogP contribution in [0.1, 0.15) is 16.7 Å². The van der Waals surface area contributed by atoms with Gasteiger partial charge in [-0.25, -0.2) is 0 Å². The Bertz CT molecular complexity index is 618. The molecule has 2 aromatic rings. The van der Waals surface area contributed by atoms with E-state index in [4.69, 9.17) is 5.26 Å². The van der Waals surface area contributed by atoms with Crippen molar-refractivity contribution in [1.29, 1.82) is 5.26 Å². The summed E-state index contributed by atoms with van der Waals surface area (Å²) in [7, 11) is 0. The van der Waals surface area contributed by atoms with Gasteiger partial charge in [-0.05, 0) is 30.2 Å². The quantitative estimate of drug-likeness (QED) is 0.784. The van der Waals surface area contributed by atoms with Crippen molar-refractivity contribution in [3.05, 3.63) is 69.6 Å². The lowest BCUT2D eigenvalue weighted by Crippen LogP contribution is -2.19. The first-order valence-electron chi connectivity index (χ1n) is 5.35. The van der Waals surface area contributed by atoms with Gasteiger partial charge >= 0.3 is 0 Å². The molecule has 0 fully saturated rings. The average molecular weight is 224 g/mol. The smallest absolute Gasteiger partial charge is 0.250 e. The Kier molecular flexibility index (Phi) is 3.06. The van der Waals surface area contributed by atoms with Crippen molar-refractivity contribution in [2.45, 2.75) is 13.5 Å². The lowest BCUT2D eigenvalue weighted by atomic mass is 10.1. The Morgan fingerprint density at radius 1 is 1.18 bits per heavy atom. The minimum Gasteiger partial charge on any atom is -0.311 e. The molecule has 2 rings (SSSR count). The van der Waals surface area contributed by atoms with Gasteiger partial charge in [0.25, 0.3) is 5.56 Å². The number of aromatic nitrogens is 1. The Balaban J connectivity index is 2.28. The molecule has 1 aromatic heterocycles. The van der Waals surface area contributed by atoms with Gasteiger partial charge in [0.15, 0.2) is 0 Å². The standard InChI is InChI=1S/C14H12N2O/c1-11-2-7-14(17)16(9-11)10-13-5-3-12(8-15)4-6-13/h2-7,9H,10H2,1H3. The predicted octanol–water partition coefficient (Wildman–Crippen LogP) is 2.08. The summed E-state index contributed by atoms with van der Waals surface area (Å²) >= 11 is 0. The fraction of sp³-hybridized carbons (Fsp3) is 0.143. The van der Waals surface area contributed by atoms with E-state index >= 15 is 0 Å². The Labute approximate surface area is 99.6 Å². The first kappa shape index (κ1) is 11.2. The third-order valence-electron chi connectivity index (χ3n) is 2.57. The zero-order valence-electron chi connectivity index (χ0n) is 9.55. The molecule has 1 heterocycles. The van der Waals surface area contributed by atoms with Gasteiger partial charge in [0.2, 0.25) is 0 Å². The third kappa shape index (κ3) is 2.61. The predicted molar refractivity (Wildman–Crippen MR) is 65.7 cm³/mol. The van der Waals surface area contributed by atoms with Gasteiger partial charge in [0.1, 0.15) is 0 Å². The molecule has 84 valence electrons. The molecule has 0 spiro atoms. The summed E-state index contributed by atoms with van der Waals surface area (Å²) in [6.45, 7) is 2.49. The molecule has 0 amide bonds. The minimum absolute atomic E-state index is 0.0139. The van der Waals surface area contributed by atoms with Crippen molar-refractivity contribution in [3.8, 4) is 6.07 Å². The van der Waals surface area contributed by atoms with Crippen LogP contribution in [0.3, 0.4) is 0 Å². The maximum atomic E-state index is 11.6. The molecule has 3 heteroatoms. The molecule has 0 aliphatic rings. The van der Waals surface area contributed by atoms with Crippen LogP contribution in [-0.2, 0) is 6.54 Å². The zero-order valence-corrected chi connectivity index (χ0v) is 9.55. The van der Waals surface area contributed by atoms with Crippen molar-refractivity contribution >= 4 is 0 Å². The Hall–Kier alpha value is -2.34. The highest BCUT2D eigenvalue weighted by Crippen LogP contribution is 2.05. The second-order valence-electron chi connectivity index (χ2n) is 3.98. The van der Waals surface area contributed by atoms with E-state index in [0.29, 0.717) is 12.1 Å². The highest BCUT2D eigenvalue weighted by Gasteiger charge is 1.98. The number of benzene rings is 1. The van der Waals surface area contributed by atoms with Crippen LogP contribution in [0.5, 0.6) is 0 Å².